The third kappa shape index (κ3) is 5.43. The largest absolute Gasteiger partial charge is 0.507 e. The number of phenolic OH excluding ortho intramolecular Hbond substituents is 1. The SMILES string of the molecule is Cl.Cl.[2H]C([2H])([2H])n1cc(-c2ccc(-c3cnc(N4CCNC(C(C)(C)O)C4)nn3)c(O)c2)cn1. The van der Waals surface area contributed by atoms with Gasteiger partial charge in [-0.1, -0.05) is 6.07 Å². The molecule has 1 atom stereocenters. The lowest BCUT2D eigenvalue weighted by molar-refractivity contribution is 0.0362. The molecule has 1 aliphatic heterocycles. The molecule has 3 aromatic rings. The molecule has 1 aliphatic rings. The highest BCUT2D eigenvalue weighted by Crippen LogP contribution is 2.32. The number of hydrogen-bond donors (Lipinski definition) is 3. The van der Waals surface area contributed by atoms with Crippen molar-refractivity contribution in [3.63, 3.8) is 0 Å². The number of aromatic nitrogens is 5. The van der Waals surface area contributed by atoms with E-state index in [2.05, 4.69) is 25.6 Å². The van der Waals surface area contributed by atoms with Crippen LogP contribution >= 0.6 is 24.8 Å². The van der Waals surface area contributed by atoms with Crippen molar-refractivity contribution in [2.45, 2.75) is 25.5 Å². The third-order valence-corrected chi connectivity index (χ3v) is 5.05. The highest BCUT2D eigenvalue weighted by atomic mass is 35.5. The molecule has 1 aromatic carbocycles. The molecule has 31 heavy (non-hydrogen) atoms. The van der Waals surface area contributed by atoms with Gasteiger partial charge in [-0.15, -0.1) is 35.0 Å². The molecule has 1 unspecified atom stereocenters. The van der Waals surface area contributed by atoms with Crippen LogP contribution in [0.1, 0.15) is 18.0 Å². The molecule has 168 valence electrons. The summed E-state index contributed by atoms with van der Waals surface area (Å²) in [7, 11) is 0. The highest BCUT2D eigenvalue weighted by Gasteiger charge is 2.32. The first kappa shape index (κ1) is 20.4. The van der Waals surface area contributed by atoms with E-state index in [1.807, 2.05) is 4.90 Å². The molecule has 3 N–H and O–H groups in total. The fourth-order valence-electron chi connectivity index (χ4n) is 3.34. The van der Waals surface area contributed by atoms with E-state index in [4.69, 9.17) is 4.11 Å². The van der Waals surface area contributed by atoms with Crippen molar-refractivity contribution in [3.05, 3.63) is 36.8 Å². The molecular weight excluding hydrogens is 441 g/mol. The number of rotatable bonds is 4. The summed E-state index contributed by atoms with van der Waals surface area (Å²) in [6.45, 7) is 3.10. The molecule has 3 heterocycles. The molecule has 11 heteroatoms. The van der Waals surface area contributed by atoms with E-state index in [1.165, 1.54) is 18.5 Å². The Morgan fingerprint density at radius 3 is 2.61 bits per heavy atom. The van der Waals surface area contributed by atoms with Gasteiger partial charge in [0, 0.05) is 48.0 Å². The smallest absolute Gasteiger partial charge is 0.245 e. The van der Waals surface area contributed by atoms with E-state index in [1.54, 1.807) is 32.2 Å². The zero-order valence-electron chi connectivity index (χ0n) is 20.1. The molecule has 0 saturated carbocycles. The van der Waals surface area contributed by atoms with Gasteiger partial charge < -0.3 is 20.4 Å². The van der Waals surface area contributed by atoms with Gasteiger partial charge in [-0.2, -0.15) is 5.10 Å². The van der Waals surface area contributed by atoms with Crippen molar-refractivity contribution in [1.29, 1.82) is 0 Å². The first-order valence-electron chi connectivity index (χ1n) is 10.8. The maximum atomic E-state index is 10.5. The van der Waals surface area contributed by atoms with Crippen molar-refractivity contribution < 1.29 is 14.3 Å². The van der Waals surface area contributed by atoms with Crippen LogP contribution in [0, 0.1) is 0 Å². The zero-order chi connectivity index (χ0) is 23.1. The number of anilines is 1. The molecule has 4 rings (SSSR count). The van der Waals surface area contributed by atoms with Gasteiger partial charge in [0.15, 0.2) is 0 Å². The van der Waals surface area contributed by atoms with E-state index in [0.29, 0.717) is 48.0 Å². The summed E-state index contributed by atoms with van der Waals surface area (Å²) in [4.78, 5) is 6.36. The summed E-state index contributed by atoms with van der Waals surface area (Å²) in [5.41, 5.74) is 1.18. The summed E-state index contributed by atoms with van der Waals surface area (Å²) >= 11 is 0. The Hall–Kier alpha value is -2.46. The second kappa shape index (κ2) is 9.78. The van der Waals surface area contributed by atoms with Crippen LogP contribution in [-0.4, -0.2) is 66.5 Å². The van der Waals surface area contributed by atoms with E-state index >= 15 is 0 Å². The molecule has 9 nitrogen and oxygen atoms in total. The molecule has 1 fully saturated rings. The fraction of sp³-hybridized carbons (Fsp3) is 0.400. The molecule has 0 radical (unpaired) electrons. The van der Waals surface area contributed by atoms with Gasteiger partial charge in [-0.3, -0.25) is 4.68 Å². The average molecular weight is 471 g/mol. The van der Waals surface area contributed by atoms with Crippen LogP contribution in [0.4, 0.5) is 5.95 Å². The van der Waals surface area contributed by atoms with E-state index in [-0.39, 0.29) is 36.6 Å². The molecule has 1 saturated heterocycles. The average Bonchev–Trinajstić information content (AvgIpc) is 3.24. The minimum atomic E-state index is -2.36. The minimum absolute atomic E-state index is 0. The van der Waals surface area contributed by atoms with Gasteiger partial charge in [0.1, 0.15) is 11.4 Å². The molecule has 2 aromatic heterocycles. The number of aliphatic hydroxyl groups is 1. The number of phenols is 1. The summed E-state index contributed by atoms with van der Waals surface area (Å²) < 4.78 is 23.1. The number of benzene rings is 1. The van der Waals surface area contributed by atoms with Crippen LogP contribution in [0.2, 0.25) is 0 Å². The van der Waals surface area contributed by atoms with Crippen LogP contribution in [0.3, 0.4) is 0 Å². The van der Waals surface area contributed by atoms with Crippen LogP contribution in [-0.2, 0) is 6.98 Å². The Bertz CT molecular complexity index is 1100. The minimum Gasteiger partial charge on any atom is -0.507 e. The fourth-order valence-corrected chi connectivity index (χ4v) is 3.34. The Morgan fingerprint density at radius 1 is 1.19 bits per heavy atom. The molecule has 0 spiro atoms. The first-order valence-corrected chi connectivity index (χ1v) is 9.32. The van der Waals surface area contributed by atoms with Crippen molar-refractivity contribution in [2.24, 2.45) is 6.98 Å². The molecule has 0 aliphatic carbocycles. The number of hydrogen-bond acceptors (Lipinski definition) is 8. The maximum Gasteiger partial charge on any atom is 0.245 e. The lowest BCUT2D eigenvalue weighted by atomic mass is 9.97. The predicted octanol–water partition coefficient (Wildman–Crippen LogP) is 2.04. The normalized spacial score (nSPS) is 18.2. The number of piperazine rings is 1. The number of aryl methyl sites for hydroxylation is 1. The number of nitrogens with one attached hydrogen (secondary N) is 1. The van der Waals surface area contributed by atoms with Crippen LogP contribution < -0.4 is 10.2 Å². The van der Waals surface area contributed by atoms with Crippen molar-refractivity contribution in [1.82, 2.24) is 30.3 Å². The van der Waals surface area contributed by atoms with Crippen LogP contribution in [0.15, 0.2) is 36.8 Å². The third-order valence-electron chi connectivity index (χ3n) is 5.05. The van der Waals surface area contributed by atoms with Gasteiger partial charge >= 0.3 is 0 Å². The van der Waals surface area contributed by atoms with Crippen molar-refractivity contribution in [3.8, 4) is 28.1 Å². The zero-order valence-corrected chi connectivity index (χ0v) is 18.7. The van der Waals surface area contributed by atoms with Gasteiger partial charge in [-0.05, 0) is 31.5 Å². The van der Waals surface area contributed by atoms with Gasteiger partial charge in [0.2, 0.25) is 5.95 Å². The lowest BCUT2D eigenvalue weighted by Crippen LogP contribution is -2.59. The summed E-state index contributed by atoms with van der Waals surface area (Å²) in [5, 5.41) is 36.4. The lowest BCUT2D eigenvalue weighted by Gasteiger charge is -2.39. The van der Waals surface area contributed by atoms with Crippen LogP contribution in [0.25, 0.3) is 22.4 Å². The maximum absolute atomic E-state index is 10.5. The quantitative estimate of drug-likeness (QED) is 0.530. The van der Waals surface area contributed by atoms with E-state index in [0.717, 1.165) is 4.68 Å². The predicted molar refractivity (Wildman–Crippen MR) is 124 cm³/mol. The Labute approximate surface area is 197 Å². The van der Waals surface area contributed by atoms with Crippen LogP contribution in [0.5, 0.6) is 5.75 Å². The molecule has 0 amide bonds. The number of halogens is 2. The topological polar surface area (TPSA) is 112 Å². The molecule has 0 bridgehead atoms. The number of nitrogens with zero attached hydrogens (tertiary/aromatic N) is 6. The van der Waals surface area contributed by atoms with Crippen molar-refractivity contribution in [2.75, 3.05) is 24.5 Å². The van der Waals surface area contributed by atoms with Gasteiger partial charge in [0.25, 0.3) is 0 Å². The monoisotopic (exact) mass is 470 g/mol. The Kier molecular flexibility index (Phi) is 6.45. The second-order valence-electron chi connectivity index (χ2n) is 7.66. The summed E-state index contributed by atoms with van der Waals surface area (Å²) in [6.07, 6.45) is 4.39. The standard InChI is InChI=1S/C20H25N7O2.2ClH/c1-20(2,29)18-12-27(7-6-21-18)19-22-10-16(24-25-19)15-5-4-13(8-17(15)28)14-9-23-26(3)11-14;;/h4-5,8-11,18,21,28-29H,6-7,12H2,1-3H3;2*1H/i3D3;;. The van der Waals surface area contributed by atoms with Gasteiger partial charge in [-0.25, -0.2) is 4.98 Å². The Morgan fingerprint density at radius 2 is 2.00 bits per heavy atom. The van der Waals surface area contributed by atoms with Gasteiger partial charge in [0.05, 0.1) is 24.0 Å². The Balaban J connectivity index is 0.00000204. The first-order chi connectivity index (χ1) is 15.0. The van der Waals surface area contributed by atoms with Crippen molar-refractivity contribution >= 4 is 30.8 Å². The second-order valence-corrected chi connectivity index (χ2v) is 7.66. The van der Waals surface area contributed by atoms with E-state index in [9.17, 15) is 10.2 Å². The summed E-state index contributed by atoms with van der Waals surface area (Å²) in [5.74, 6) is 0.426. The van der Waals surface area contributed by atoms with E-state index < -0.39 is 12.6 Å². The number of aromatic hydroxyl groups is 1. The summed E-state index contributed by atoms with van der Waals surface area (Å²) in [6, 6.07) is 4.83. The highest BCUT2D eigenvalue weighted by molar-refractivity contribution is 5.85. The molecular formula is C20H27Cl2N7O2.